The molecule has 0 aromatic heterocycles. The number of rotatable bonds is 11. The smallest absolute Gasteiger partial charge is 0.408 e. The number of amides is 3. The van der Waals surface area contributed by atoms with Crippen molar-refractivity contribution < 1.29 is 38.3 Å². The first-order chi connectivity index (χ1) is 16.6. The normalized spacial score (nSPS) is 15.5. The second kappa shape index (κ2) is 12.7. The molecular formula is C22H25N3O7. The van der Waals surface area contributed by atoms with Gasteiger partial charge in [0.1, 0.15) is 18.7 Å². The van der Waals surface area contributed by atoms with E-state index in [-0.39, 0.29) is 18.5 Å². The van der Waals surface area contributed by atoms with E-state index in [4.69, 9.17) is 8.89 Å². The maximum absolute atomic E-state index is 12.8. The van der Waals surface area contributed by atoms with Crippen LogP contribution in [0.2, 0.25) is 1.41 Å². The first kappa shape index (κ1) is 20.0. The Kier molecular flexibility index (Phi) is 7.94. The average molecular weight is 449 g/mol. The van der Waals surface area contributed by atoms with Crippen LogP contribution in [0.15, 0.2) is 60.7 Å². The van der Waals surface area contributed by atoms with Crippen molar-refractivity contribution in [3.05, 3.63) is 71.8 Å². The van der Waals surface area contributed by atoms with Crippen molar-refractivity contribution in [1.82, 2.24) is 15.9 Å². The number of benzene rings is 2. The molecule has 3 atom stereocenters. The van der Waals surface area contributed by atoms with Crippen LogP contribution < -0.4 is 15.9 Å². The van der Waals surface area contributed by atoms with Crippen molar-refractivity contribution in [3.8, 4) is 0 Å². The van der Waals surface area contributed by atoms with Crippen LogP contribution in [0, 0.1) is 0 Å². The Morgan fingerprint density at radius 3 is 2.16 bits per heavy atom. The largest absolute Gasteiger partial charge is 0.481 e. The molecule has 0 fully saturated rings. The van der Waals surface area contributed by atoms with Crippen molar-refractivity contribution in [2.24, 2.45) is 0 Å². The minimum absolute atomic E-state index is 0.0463. The summed E-state index contributed by atoms with van der Waals surface area (Å²) in [5.74, 6) is -4.48. The molecule has 1 unspecified atom stereocenters. The number of carbonyl (C=O) groups is 4. The van der Waals surface area contributed by atoms with E-state index >= 15 is 0 Å². The third-order valence-electron chi connectivity index (χ3n) is 4.02. The lowest BCUT2D eigenvalue weighted by Gasteiger charge is -2.21. The number of carboxylic acid groups (broad SMARTS) is 1. The number of aliphatic carboxylic acids is 1. The van der Waals surface area contributed by atoms with E-state index in [1.807, 2.05) is 5.32 Å². The minimum atomic E-state index is -3.35. The third kappa shape index (κ3) is 8.44. The summed E-state index contributed by atoms with van der Waals surface area (Å²) in [7, 11) is 0. The van der Waals surface area contributed by atoms with E-state index in [0.29, 0.717) is 11.1 Å². The van der Waals surface area contributed by atoms with Crippen molar-refractivity contribution in [2.45, 2.75) is 31.6 Å². The first-order valence-corrected chi connectivity index (χ1v) is 9.49. The van der Waals surface area contributed by atoms with Gasteiger partial charge in [0.15, 0.2) is 1.41 Å². The Morgan fingerprint density at radius 2 is 1.59 bits per heavy atom. The van der Waals surface area contributed by atoms with Crippen LogP contribution in [0.1, 0.15) is 20.3 Å². The molecule has 2 rings (SSSR count). The van der Waals surface area contributed by atoms with Gasteiger partial charge >= 0.3 is 12.1 Å². The van der Waals surface area contributed by atoms with Gasteiger partial charge in [0.25, 0.3) is 0 Å². The average Bonchev–Trinajstić information content (AvgIpc) is 2.88. The Morgan fingerprint density at radius 1 is 1.00 bits per heavy atom. The van der Waals surface area contributed by atoms with Crippen LogP contribution in [0.4, 0.5) is 4.79 Å². The third-order valence-corrected chi connectivity index (χ3v) is 4.02. The molecule has 2 aromatic rings. The summed E-state index contributed by atoms with van der Waals surface area (Å²) in [6.07, 6.45) is -4.21. The molecule has 0 aliphatic rings. The quantitative estimate of drug-likeness (QED) is 0.336. The molecular weight excluding hydrogens is 418 g/mol. The van der Waals surface area contributed by atoms with E-state index in [2.05, 4.69) is 5.32 Å². The van der Waals surface area contributed by atoms with Gasteiger partial charge in [-0.2, -0.15) is 0 Å². The number of alkyl carbamates (subject to hydrolysis) is 1. The summed E-state index contributed by atoms with van der Waals surface area (Å²) < 4.78 is 28.8. The number of carboxylic acids is 1. The highest BCUT2D eigenvalue weighted by molar-refractivity contribution is 5.93. The molecule has 0 spiro atoms. The number of nitrogens with one attached hydrogen (secondary N) is 3. The summed E-state index contributed by atoms with van der Waals surface area (Å²) in [5, 5.41) is 22.8. The Balaban J connectivity index is 2.14. The maximum atomic E-state index is 12.8. The zero-order chi connectivity index (χ0) is 26.0. The molecule has 2 aromatic carbocycles. The zero-order valence-electron chi connectivity index (χ0n) is 19.9. The zero-order valence-corrected chi connectivity index (χ0v) is 16.9. The van der Waals surface area contributed by atoms with Crippen LogP contribution in [-0.2, 0) is 32.3 Å². The highest BCUT2D eigenvalue weighted by Gasteiger charge is 2.28. The Bertz CT molecular complexity index is 1030. The van der Waals surface area contributed by atoms with Gasteiger partial charge in [0, 0.05) is 7.92 Å². The molecule has 0 aliphatic carbocycles. The van der Waals surface area contributed by atoms with Crippen LogP contribution in [0.25, 0.3) is 0 Å². The second-order valence-electron chi connectivity index (χ2n) is 6.43. The second-order valence-corrected chi connectivity index (χ2v) is 6.43. The predicted octanol–water partition coefficient (Wildman–Crippen LogP) is 0.550. The fourth-order valence-electron chi connectivity index (χ4n) is 2.45. The lowest BCUT2D eigenvalue weighted by Crippen LogP contribution is -2.55. The highest BCUT2D eigenvalue weighted by atomic mass is 16.5. The van der Waals surface area contributed by atoms with Gasteiger partial charge in [-0.15, -0.1) is 0 Å². The lowest BCUT2D eigenvalue weighted by atomic mass is 10.1. The van der Waals surface area contributed by atoms with E-state index < -0.39 is 48.9 Å². The van der Waals surface area contributed by atoms with Crippen molar-refractivity contribution >= 4 is 23.9 Å². The van der Waals surface area contributed by atoms with Gasteiger partial charge in [0.05, 0.1) is 14.4 Å². The summed E-state index contributed by atoms with van der Waals surface area (Å²) in [6.45, 7) is -1.23. The van der Waals surface area contributed by atoms with E-state index in [1.54, 1.807) is 60.7 Å². The van der Waals surface area contributed by atoms with Crippen molar-refractivity contribution in [3.63, 3.8) is 0 Å². The van der Waals surface area contributed by atoms with E-state index in [1.165, 1.54) is 0 Å². The fourth-order valence-corrected chi connectivity index (χ4v) is 2.45. The fraction of sp³-hybridized carbons (Fsp3) is 0.273. The van der Waals surface area contributed by atoms with Gasteiger partial charge in [-0.25, -0.2) is 4.79 Å². The summed E-state index contributed by atoms with van der Waals surface area (Å²) in [5.41, 5.74) is 1.24. The van der Waals surface area contributed by atoms with Crippen LogP contribution in [0.3, 0.4) is 0 Å². The molecule has 10 heteroatoms. The molecule has 0 radical (unpaired) electrons. The SMILES string of the molecule is [3H]C(C(=O)O)[C@@]([3H])(C(=O)N[C@@H](CO)C(=O)NCc1ccccc1)N([3H])C(=O)OCc1ccccc1. The summed E-state index contributed by atoms with van der Waals surface area (Å²) in [6, 6.07) is 11.9. The molecule has 0 saturated heterocycles. The number of aliphatic hydroxyl groups is 1. The van der Waals surface area contributed by atoms with Crippen molar-refractivity contribution in [1.29, 1.82) is 0 Å². The Labute approximate surface area is 188 Å². The molecule has 0 bridgehead atoms. The van der Waals surface area contributed by atoms with Gasteiger partial charge in [-0.05, 0) is 11.1 Å². The molecule has 5 N–H and O–H groups in total. The van der Waals surface area contributed by atoms with Gasteiger partial charge in [0.2, 0.25) is 11.8 Å². The number of carbonyl (C=O) groups excluding carboxylic acids is 3. The standard InChI is InChI=1S/C22H25N3O7/c26-13-18(20(29)23-12-15-7-3-1-4-8-15)24-21(30)17(11-19(27)28)25-22(31)32-14-16-9-5-2-6-10-16/h1-10,17-18,26H,11-14H2,(H,23,29)(H,24,30)(H,25,31)(H,27,28)/t17-,18-/m0/s1/i11T,17T/hT/t11?,17-,18-. The first-order valence-electron chi connectivity index (χ1n) is 11.0. The minimum Gasteiger partial charge on any atom is -0.481 e. The van der Waals surface area contributed by atoms with Crippen LogP contribution in [0.5, 0.6) is 0 Å². The van der Waals surface area contributed by atoms with E-state index in [0.717, 1.165) is 0 Å². The number of ether oxygens (including phenoxy) is 1. The molecule has 170 valence electrons. The Hall–Kier alpha value is -3.92. The maximum Gasteiger partial charge on any atom is 0.408 e. The monoisotopic (exact) mass is 449 g/mol. The topological polar surface area (TPSA) is 154 Å². The number of hydrogen-bond acceptors (Lipinski definition) is 6. The summed E-state index contributed by atoms with van der Waals surface area (Å²) in [4.78, 5) is 49.0. The number of aliphatic hydroxyl groups excluding tert-OH is 1. The van der Waals surface area contributed by atoms with Gasteiger partial charge < -0.3 is 30.9 Å². The van der Waals surface area contributed by atoms with E-state index in [9.17, 15) is 29.4 Å². The molecule has 32 heavy (non-hydrogen) atoms. The van der Waals surface area contributed by atoms with Crippen LogP contribution >= 0.6 is 0 Å². The molecule has 10 nitrogen and oxygen atoms in total. The lowest BCUT2D eigenvalue weighted by molar-refractivity contribution is -0.140. The molecule has 0 saturated carbocycles. The van der Waals surface area contributed by atoms with Gasteiger partial charge in [-0.1, -0.05) is 60.7 Å². The van der Waals surface area contributed by atoms with Crippen molar-refractivity contribution in [2.75, 3.05) is 6.61 Å². The summed E-state index contributed by atoms with van der Waals surface area (Å²) >= 11 is 0. The van der Waals surface area contributed by atoms with Crippen LogP contribution in [-0.4, -0.2) is 52.8 Å². The number of hydrogen-bond donors (Lipinski definition) is 5. The molecule has 3 amide bonds. The molecule has 0 aliphatic heterocycles. The van der Waals surface area contributed by atoms with Gasteiger partial charge in [-0.3, -0.25) is 14.4 Å². The predicted molar refractivity (Wildman–Crippen MR) is 113 cm³/mol. The highest BCUT2D eigenvalue weighted by Crippen LogP contribution is 2.02. The molecule has 0 heterocycles.